The number of halogens is 3. The first-order chi connectivity index (χ1) is 10.9. The summed E-state index contributed by atoms with van der Waals surface area (Å²) < 4.78 is 50.0. The Hall–Kier alpha value is -1.78. The zero-order valence-corrected chi connectivity index (χ0v) is 12.5. The van der Waals surface area contributed by atoms with Gasteiger partial charge < -0.3 is 14.4 Å². The van der Waals surface area contributed by atoms with Crippen molar-refractivity contribution in [3.8, 4) is 6.07 Å². The summed E-state index contributed by atoms with van der Waals surface area (Å²) in [6.07, 6.45) is -2.97. The normalized spacial score (nSPS) is 21.2. The average molecular weight is 326 g/mol. The van der Waals surface area contributed by atoms with Crippen LogP contribution in [-0.4, -0.2) is 38.5 Å². The van der Waals surface area contributed by atoms with Crippen LogP contribution in [0.4, 0.5) is 18.9 Å². The SMILES string of the molecule is N#Cc1cc(N2CCOC3(CCOCC3)C2)ccc1C(F)(F)F. The van der Waals surface area contributed by atoms with Crippen molar-refractivity contribution >= 4 is 5.69 Å². The Bertz CT molecular complexity index is 613. The molecule has 7 heteroatoms. The number of hydrogen-bond donors (Lipinski definition) is 0. The van der Waals surface area contributed by atoms with Crippen molar-refractivity contribution in [3.63, 3.8) is 0 Å². The second-order valence-corrected chi connectivity index (χ2v) is 5.90. The topological polar surface area (TPSA) is 45.5 Å². The van der Waals surface area contributed by atoms with Gasteiger partial charge in [-0.05, 0) is 18.2 Å². The molecule has 3 rings (SSSR count). The number of anilines is 1. The molecular weight excluding hydrogens is 309 g/mol. The highest BCUT2D eigenvalue weighted by atomic mass is 19.4. The zero-order valence-electron chi connectivity index (χ0n) is 12.5. The fraction of sp³-hybridized carbons (Fsp3) is 0.562. The van der Waals surface area contributed by atoms with E-state index in [1.165, 1.54) is 12.1 Å². The van der Waals surface area contributed by atoms with E-state index in [1.807, 2.05) is 4.90 Å². The Morgan fingerprint density at radius 3 is 2.57 bits per heavy atom. The minimum absolute atomic E-state index is 0.300. The van der Waals surface area contributed by atoms with Gasteiger partial charge in [-0.15, -0.1) is 0 Å². The van der Waals surface area contributed by atoms with Crippen LogP contribution in [0.5, 0.6) is 0 Å². The molecule has 0 aromatic heterocycles. The molecule has 1 aromatic rings. The van der Waals surface area contributed by atoms with E-state index in [-0.39, 0.29) is 11.2 Å². The number of nitriles is 1. The molecule has 0 saturated carbocycles. The predicted molar refractivity (Wildman–Crippen MR) is 77.1 cm³/mol. The molecule has 0 amide bonds. The number of morpholine rings is 1. The van der Waals surface area contributed by atoms with E-state index >= 15 is 0 Å². The van der Waals surface area contributed by atoms with Gasteiger partial charge >= 0.3 is 6.18 Å². The molecule has 23 heavy (non-hydrogen) atoms. The molecule has 0 unspecified atom stereocenters. The summed E-state index contributed by atoms with van der Waals surface area (Å²) in [4.78, 5) is 2.00. The van der Waals surface area contributed by atoms with Gasteiger partial charge in [0.1, 0.15) is 0 Å². The van der Waals surface area contributed by atoms with E-state index in [0.29, 0.717) is 38.6 Å². The largest absolute Gasteiger partial charge is 0.417 e. The number of hydrogen-bond acceptors (Lipinski definition) is 4. The van der Waals surface area contributed by atoms with Crippen LogP contribution in [0.25, 0.3) is 0 Å². The van der Waals surface area contributed by atoms with Gasteiger partial charge in [0.2, 0.25) is 0 Å². The maximum absolute atomic E-state index is 12.9. The summed E-state index contributed by atoms with van der Waals surface area (Å²) in [5.41, 5.74) is -0.907. The van der Waals surface area contributed by atoms with Crippen molar-refractivity contribution < 1.29 is 22.6 Å². The molecule has 1 aromatic carbocycles. The van der Waals surface area contributed by atoms with E-state index in [9.17, 15) is 13.2 Å². The highest BCUT2D eigenvalue weighted by Crippen LogP contribution is 2.36. The van der Waals surface area contributed by atoms with E-state index in [0.717, 1.165) is 18.9 Å². The van der Waals surface area contributed by atoms with E-state index in [1.54, 1.807) is 6.07 Å². The summed E-state index contributed by atoms with van der Waals surface area (Å²) in [5, 5.41) is 9.04. The van der Waals surface area contributed by atoms with Crippen LogP contribution in [0.2, 0.25) is 0 Å². The Morgan fingerprint density at radius 1 is 1.17 bits per heavy atom. The summed E-state index contributed by atoms with van der Waals surface area (Å²) in [6.45, 7) is 2.98. The lowest BCUT2D eigenvalue weighted by molar-refractivity contribution is -0.137. The molecule has 2 aliphatic rings. The Balaban J connectivity index is 1.85. The van der Waals surface area contributed by atoms with Crippen LogP contribution in [0, 0.1) is 11.3 Å². The van der Waals surface area contributed by atoms with Crippen LogP contribution < -0.4 is 4.90 Å². The van der Waals surface area contributed by atoms with Crippen LogP contribution in [0.3, 0.4) is 0 Å². The molecule has 124 valence electrons. The first-order valence-electron chi connectivity index (χ1n) is 7.52. The van der Waals surface area contributed by atoms with Crippen molar-refractivity contribution in [1.29, 1.82) is 5.26 Å². The maximum atomic E-state index is 12.9. The summed E-state index contributed by atoms with van der Waals surface area (Å²) >= 11 is 0. The minimum atomic E-state index is -4.52. The molecule has 0 bridgehead atoms. The standard InChI is InChI=1S/C16H17F3N2O2/c17-16(18,19)14-2-1-13(9-12(14)10-20)21-5-8-23-15(11-21)3-6-22-7-4-15/h1-2,9H,3-8,11H2. The van der Waals surface area contributed by atoms with Gasteiger partial charge in [-0.3, -0.25) is 0 Å². The van der Waals surface area contributed by atoms with Gasteiger partial charge in [0.15, 0.2) is 0 Å². The van der Waals surface area contributed by atoms with Crippen molar-refractivity contribution in [2.24, 2.45) is 0 Å². The molecule has 4 nitrogen and oxygen atoms in total. The first kappa shape index (κ1) is 16.1. The molecule has 0 atom stereocenters. The van der Waals surface area contributed by atoms with E-state index in [2.05, 4.69) is 0 Å². The molecule has 2 saturated heterocycles. The van der Waals surface area contributed by atoms with Crippen molar-refractivity contribution in [2.45, 2.75) is 24.6 Å². The number of rotatable bonds is 1. The third-order valence-corrected chi connectivity index (χ3v) is 4.45. The zero-order chi connectivity index (χ0) is 16.5. The fourth-order valence-electron chi connectivity index (χ4n) is 3.18. The molecular formula is C16H17F3N2O2. The number of ether oxygens (including phenoxy) is 2. The quantitative estimate of drug-likeness (QED) is 0.796. The van der Waals surface area contributed by atoms with Gasteiger partial charge in [-0.2, -0.15) is 18.4 Å². The maximum Gasteiger partial charge on any atom is 0.417 e. The lowest BCUT2D eigenvalue weighted by atomic mass is 9.91. The van der Waals surface area contributed by atoms with E-state index in [4.69, 9.17) is 14.7 Å². The molecule has 0 radical (unpaired) electrons. The van der Waals surface area contributed by atoms with Crippen molar-refractivity contribution in [3.05, 3.63) is 29.3 Å². The molecule has 0 N–H and O–H groups in total. The average Bonchev–Trinajstić information content (AvgIpc) is 2.54. The Morgan fingerprint density at radius 2 is 1.91 bits per heavy atom. The Labute approximate surface area is 132 Å². The van der Waals surface area contributed by atoms with Gasteiger partial charge in [0.05, 0.1) is 29.4 Å². The third-order valence-electron chi connectivity index (χ3n) is 4.45. The van der Waals surface area contributed by atoms with Gasteiger partial charge in [0, 0.05) is 44.8 Å². The molecule has 1 spiro atoms. The summed E-state index contributed by atoms with van der Waals surface area (Å²) in [7, 11) is 0. The fourth-order valence-corrected chi connectivity index (χ4v) is 3.18. The Kier molecular flexibility index (Phi) is 4.21. The molecule has 2 aliphatic heterocycles. The van der Waals surface area contributed by atoms with Gasteiger partial charge in [-0.1, -0.05) is 0 Å². The predicted octanol–water partition coefficient (Wildman–Crippen LogP) is 2.96. The third kappa shape index (κ3) is 3.28. The second-order valence-electron chi connectivity index (χ2n) is 5.90. The van der Waals surface area contributed by atoms with Crippen molar-refractivity contribution in [2.75, 3.05) is 37.8 Å². The highest BCUT2D eigenvalue weighted by molar-refractivity contribution is 5.55. The van der Waals surface area contributed by atoms with Crippen LogP contribution >= 0.6 is 0 Å². The van der Waals surface area contributed by atoms with Crippen LogP contribution in [0.1, 0.15) is 24.0 Å². The summed E-state index contributed by atoms with van der Waals surface area (Å²) in [6, 6.07) is 5.39. The monoisotopic (exact) mass is 326 g/mol. The first-order valence-corrected chi connectivity index (χ1v) is 7.52. The highest BCUT2D eigenvalue weighted by Gasteiger charge is 2.39. The molecule has 2 fully saturated rings. The smallest absolute Gasteiger partial charge is 0.381 e. The van der Waals surface area contributed by atoms with Gasteiger partial charge in [0.25, 0.3) is 0 Å². The number of alkyl halides is 3. The molecule has 0 aliphatic carbocycles. The second kappa shape index (κ2) is 6.02. The van der Waals surface area contributed by atoms with Crippen molar-refractivity contribution in [1.82, 2.24) is 0 Å². The van der Waals surface area contributed by atoms with Crippen LogP contribution in [0.15, 0.2) is 18.2 Å². The number of benzene rings is 1. The van der Waals surface area contributed by atoms with Gasteiger partial charge in [-0.25, -0.2) is 0 Å². The van der Waals surface area contributed by atoms with E-state index < -0.39 is 11.7 Å². The lowest BCUT2D eigenvalue weighted by Crippen LogP contribution is -2.54. The summed E-state index contributed by atoms with van der Waals surface area (Å²) in [5.74, 6) is 0. The number of nitrogens with zero attached hydrogens (tertiary/aromatic N) is 2. The van der Waals surface area contributed by atoms with Crippen LogP contribution in [-0.2, 0) is 15.7 Å². The minimum Gasteiger partial charge on any atom is -0.381 e. The molecule has 2 heterocycles. The lowest BCUT2D eigenvalue weighted by Gasteiger charge is -2.45.